The molecule has 4 nitrogen and oxygen atoms in total. The molecular formula is C11H18N2O2. The second-order valence-corrected chi connectivity index (χ2v) is 4.21. The van der Waals surface area contributed by atoms with E-state index in [1.54, 1.807) is 13.3 Å². The van der Waals surface area contributed by atoms with Crippen LogP contribution in [0.3, 0.4) is 0 Å². The van der Waals surface area contributed by atoms with Crippen molar-refractivity contribution in [2.75, 3.05) is 7.11 Å². The molecule has 1 aromatic rings. The summed E-state index contributed by atoms with van der Waals surface area (Å²) in [7, 11) is 1.61. The minimum atomic E-state index is -0.199. The maximum atomic E-state index is 5.40. The van der Waals surface area contributed by atoms with Crippen molar-refractivity contribution in [3.05, 3.63) is 23.9 Å². The molecule has 0 spiro atoms. The Hall–Kier alpha value is -1.13. The average Bonchev–Trinajstić information content (AvgIpc) is 2.16. The van der Waals surface area contributed by atoms with Crippen LogP contribution in [0.1, 0.15) is 26.3 Å². The van der Waals surface area contributed by atoms with Crippen LogP contribution in [0.25, 0.3) is 0 Å². The van der Waals surface area contributed by atoms with Crippen LogP contribution >= 0.6 is 0 Å². The highest BCUT2D eigenvalue weighted by Gasteiger charge is 2.10. The number of rotatable bonds is 4. The van der Waals surface area contributed by atoms with E-state index in [9.17, 15) is 0 Å². The zero-order valence-corrected chi connectivity index (χ0v) is 9.70. The van der Waals surface area contributed by atoms with Gasteiger partial charge in [0.1, 0.15) is 0 Å². The van der Waals surface area contributed by atoms with Gasteiger partial charge >= 0.3 is 0 Å². The maximum Gasteiger partial charge on any atom is 0.217 e. The van der Waals surface area contributed by atoms with Gasteiger partial charge in [-0.05, 0) is 26.8 Å². The Balaban J connectivity index is 2.50. The molecule has 0 aliphatic carbocycles. The molecule has 0 aromatic carbocycles. The predicted molar refractivity (Wildman–Crippen MR) is 58.5 cm³/mol. The summed E-state index contributed by atoms with van der Waals surface area (Å²) in [6.45, 7) is 6.54. The van der Waals surface area contributed by atoms with E-state index >= 15 is 0 Å². The maximum absolute atomic E-state index is 5.40. The molecule has 0 aliphatic heterocycles. The number of nitrogens with one attached hydrogen (secondary N) is 1. The average molecular weight is 210 g/mol. The highest BCUT2D eigenvalue weighted by molar-refractivity contribution is 5.24. The molecule has 0 fully saturated rings. The quantitative estimate of drug-likeness (QED) is 0.771. The van der Waals surface area contributed by atoms with Crippen LogP contribution < -0.4 is 10.2 Å². The summed E-state index contributed by atoms with van der Waals surface area (Å²) < 4.78 is 5.12. The van der Waals surface area contributed by atoms with Crippen molar-refractivity contribution in [1.82, 2.24) is 10.5 Å². The Kier molecular flexibility index (Phi) is 4.05. The van der Waals surface area contributed by atoms with Gasteiger partial charge in [-0.2, -0.15) is 5.48 Å². The van der Waals surface area contributed by atoms with Gasteiger partial charge < -0.3 is 4.74 Å². The van der Waals surface area contributed by atoms with Crippen LogP contribution in [-0.2, 0) is 11.4 Å². The molecule has 4 heteroatoms. The number of pyridine rings is 1. The SMILES string of the molecule is COc1ncccc1CNOC(C)(C)C. The van der Waals surface area contributed by atoms with Crippen LogP contribution in [0.5, 0.6) is 5.88 Å². The standard InChI is InChI=1S/C11H18N2O2/c1-11(2,3)15-13-8-9-6-5-7-12-10(9)14-4/h5-7,13H,8H2,1-4H3. The number of nitrogens with zero attached hydrogens (tertiary/aromatic N) is 1. The Morgan fingerprint density at radius 3 is 2.73 bits per heavy atom. The van der Waals surface area contributed by atoms with Gasteiger partial charge in [0.15, 0.2) is 0 Å². The summed E-state index contributed by atoms with van der Waals surface area (Å²) in [6.07, 6.45) is 1.70. The number of hydrogen-bond donors (Lipinski definition) is 1. The van der Waals surface area contributed by atoms with E-state index in [0.29, 0.717) is 12.4 Å². The number of hydrogen-bond acceptors (Lipinski definition) is 4. The first-order valence-electron chi connectivity index (χ1n) is 4.91. The second kappa shape index (κ2) is 5.09. The molecule has 15 heavy (non-hydrogen) atoms. The molecule has 1 N–H and O–H groups in total. The van der Waals surface area contributed by atoms with Crippen LogP contribution in [0.2, 0.25) is 0 Å². The number of aromatic nitrogens is 1. The van der Waals surface area contributed by atoms with Crippen molar-refractivity contribution in [1.29, 1.82) is 0 Å². The van der Waals surface area contributed by atoms with E-state index in [1.165, 1.54) is 0 Å². The first-order valence-corrected chi connectivity index (χ1v) is 4.91. The Morgan fingerprint density at radius 2 is 2.13 bits per heavy atom. The number of methoxy groups -OCH3 is 1. The summed E-state index contributed by atoms with van der Waals surface area (Å²) in [5, 5.41) is 0. The first-order chi connectivity index (χ1) is 7.03. The van der Waals surface area contributed by atoms with Crippen molar-refractivity contribution in [3.8, 4) is 5.88 Å². The lowest BCUT2D eigenvalue weighted by molar-refractivity contribution is -0.0759. The summed E-state index contributed by atoms with van der Waals surface area (Å²) in [6, 6.07) is 3.82. The fraction of sp³-hybridized carbons (Fsp3) is 0.545. The molecule has 0 bridgehead atoms. The van der Waals surface area contributed by atoms with Crippen LogP contribution in [0.15, 0.2) is 18.3 Å². The number of ether oxygens (including phenoxy) is 1. The molecule has 0 amide bonds. The van der Waals surface area contributed by atoms with Gasteiger partial charge in [0.2, 0.25) is 5.88 Å². The van der Waals surface area contributed by atoms with Crippen LogP contribution in [-0.4, -0.2) is 17.7 Å². The molecule has 1 heterocycles. The monoisotopic (exact) mass is 210 g/mol. The number of hydroxylamine groups is 1. The zero-order valence-electron chi connectivity index (χ0n) is 9.70. The molecule has 0 radical (unpaired) electrons. The molecule has 0 saturated carbocycles. The Labute approximate surface area is 90.6 Å². The summed E-state index contributed by atoms with van der Waals surface area (Å²) in [4.78, 5) is 9.49. The smallest absolute Gasteiger partial charge is 0.217 e. The van der Waals surface area contributed by atoms with E-state index in [-0.39, 0.29) is 5.60 Å². The van der Waals surface area contributed by atoms with Gasteiger partial charge in [-0.15, -0.1) is 0 Å². The van der Waals surface area contributed by atoms with Gasteiger partial charge in [0, 0.05) is 11.8 Å². The summed E-state index contributed by atoms with van der Waals surface area (Å²) >= 11 is 0. The summed E-state index contributed by atoms with van der Waals surface area (Å²) in [5.41, 5.74) is 3.67. The fourth-order valence-electron chi connectivity index (χ4n) is 1.07. The fourth-order valence-corrected chi connectivity index (χ4v) is 1.07. The first kappa shape index (κ1) is 11.9. The topological polar surface area (TPSA) is 43.4 Å². The molecule has 84 valence electrons. The molecule has 1 aromatic heterocycles. The van der Waals surface area contributed by atoms with E-state index in [4.69, 9.17) is 9.57 Å². The Morgan fingerprint density at radius 1 is 1.40 bits per heavy atom. The van der Waals surface area contributed by atoms with Crippen molar-refractivity contribution in [2.45, 2.75) is 32.9 Å². The Bertz CT molecular complexity index is 308. The zero-order chi connectivity index (χ0) is 11.3. The van der Waals surface area contributed by atoms with E-state index < -0.39 is 0 Å². The van der Waals surface area contributed by atoms with E-state index in [1.807, 2.05) is 32.9 Å². The van der Waals surface area contributed by atoms with Gasteiger partial charge in [0.05, 0.1) is 19.3 Å². The molecule has 0 unspecified atom stereocenters. The van der Waals surface area contributed by atoms with Gasteiger partial charge in [-0.1, -0.05) is 6.07 Å². The van der Waals surface area contributed by atoms with Crippen molar-refractivity contribution >= 4 is 0 Å². The molecule has 0 saturated heterocycles. The minimum Gasteiger partial charge on any atom is -0.481 e. The lowest BCUT2D eigenvalue weighted by Gasteiger charge is -2.19. The van der Waals surface area contributed by atoms with Gasteiger partial charge in [0.25, 0.3) is 0 Å². The van der Waals surface area contributed by atoms with Crippen LogP contribution in [0, 0.1) is 0 Å². The molecule has 0 atom stereocenters. The van der Waals surface area contributed by atoms with Crippen LogP contribution in [0.4, 0.5) is 0 Å². The van der Waals surface area contributed by atoms with E-state index in [0.717, 1.165) is 5.56 Å². The summed E-state index contributed by atoms with van der Waals surface area (Å²) in [5.74, 6) is 0.627. The third-order valence-electron chi connectivity index (χ3n) is 1.68. The minimum absolute atomic E-state index is 0.199. The molecule has 1 rings (SSSR count). The van der Waals surface area contributed by atoms with Crippen molar-refractivity contribution in [2.24, 2.45) is 0 Å². The lowest BCUT2D eigenvalue weighted by atomic mass is 10.2. The predicted octanol–water partition coefficient (Wildman–Crippen LogP) is 1.91. The highest BCUT2D eigenvalue weighted by Crippen LogP contribution is 2.13. The van der Waals surface area contributed by atoms with E-state index in [2.05, 4.69) is 10.5 Å². The molecular weight excluding hydrogens is 192 g/mol. The third kappa shape index (κ3) is 4.27. The largest absolute Gasteiger partial charge is 0.481 e. The second-order valence-electron chi connectivity index (χ2n) is 4.21. The highest BCUT2D eigenvalue weighted by atomic mass is 16.7. The third-order valence-corrected chi connectivity index (χ3v) is 1.68. The molecule has 0 aliphatic rings. The lowest BCUT2D eigenvalue weighted by Crippen LogP contribution is -2.28. The van der Waals surface area contributed by atoms with Gasteiger partial charge in [-0.3, -0.25) is 4.84 Å². The van der Waals surface area contributed by atoms with Crippen molar-refractivity contribution < 1.29 is 9.57 Å². The van der Waals surface area contributed by atoms with Crippen molar-refractivity contribution in [3.63, 3.8) is 0 Å². The normalized spacial score (nSPS) is 11.5. The van der Waals surface area contributed by atoms with Gasteiger partial charge in [-0.25, -0.2) is 4.98 Å².